The molecule has 1 aliphatic carbocycles. The van der Waals surface area contributed by atoms with E-state index in [-0.39, 0.29) is 12.5 Å². The monoisotopic (exact) mass is 332 g/mol. The summed E-state index contributed by atoms with van der Waals surface area (Å²) in [6, 6.07) is 1.73. The van der Waals surface area contributed by atoms with E-state index in [1.807, 2.05) is 0 Å². The Morgan fingerprint density at radius 3 is 2.43 bits per heavy atom. The van der Waals surface area contributed by atoms with E-state index >= 15 is 0 Å². The van der Waals surface area contributed by atoms with Gasteiger partial charge in [-0.2, -0.15) is 13.2 Å². The summed E-state index contributed by atoms with van der Waals surface area (Å²) in [5, 5.41) is 22.7. The number of rotatable bonds is 5. The van der Waals surface area contributed by atoms with Gasteiger partial charge in [0.25, 0.3) is 11.6 Å². The maximum atomic E-state index is 12.8. The van der Waals surface area contributed by atoms with Crippen LogP contribution in [0.15, 0.2) is 18.2 Å². The van der Waals surface area contributed by atoms with Gasteiger partial charge >= 0.3 is 6.18 Å². The van der Waals surface area contributed by atoms with Crippen molar-refractivity contribution in [1.82, 2.24) is 5.32 Å². The second kappa shape index (κ2) is 5.80. The van der Waals surface area contributed by atoms with Crippen molar-refractivity contribution in [2.75, 3.05) is 6.61 Å². The van der Waals surface area contributed by atoms with Crippen LogP contribution in [0, 0.1) is 16.0 Å². The first-order valence-electron chi connectivity index (χ1n) is 6.87. The minimum Gasteiger partial charge on any atom is -0.394 e. The van der Waals surface area contributed by atoms with Crippen LogP contribution < -0.4 is 5.32 Å². The van der Waals surface area contributed by atoms with Crippen LogP contribution in [0.25, 0.3) is 0 Å². The summed E-state index contributed by atoms with van der Waals surface area (Å²) < 4.78 is 38.5. The first-order valence-corrected chi connectivity index (χ1v) is 6.87. The van der Waals surface area contributed by atoms with Gasteiger partial charge in [-0.15, -0.1) is 0 Å². The fourth-order valence-corrected chi connectivity index (χ4v) is 2.33. The number of amides is 1. The minimum atomic E-state index is -4.81. The molecule has 2 rings (SSSR count). The molecule has 126 valence electrons. The number of hydrogen-bond acceptors (Lipinski definition) is 4. The molecule has 1 amide bonds. The quantitative estimate of drug-likeness (QED) is 0.640. The molecule has 1 atom stereocenters. The second-order valence-electron chi connectivity index (χ2n) is 5.83. The zero-order chi connectivity index (χ0) is 17.4. The third-order valence-corrected chi connectivity index (χ3v) is 3.92. The molecular formula is C14H15F3N2O4. The van der Waals surface area contributed by atoms with Crippen molar-refractivity contribution in [2.24, 2.45) is 5.92 Å². The number of nitro groups is 1. The van der Waals surface area contributed by atoms with Crippen molar-refractivity contribution in [3.8, 4) is 0 Å². The molecule has 0 bridgehead atoms. The Morgan fingerprint density at radius 1 is 1.39 bits per heavy atom. The van der Waals surface area contributed by atoms with Crippen LogP contribution in [0.2, 0.25) is 0 Å². The molecular weight excluding hydrogens is 317 g/mol. The number of non-ortho nitro benzene ring substituents is 1. The van der Waals surface area contributed by atoms with Gasteiger partial charge < -0.3 is 10.4 Å². The molecule has 9 heteroatoms. The lowest BCUT2D eigenvalue weighted by Crippen LogP contribution is -2.50. The van der Waals surface area contributed by atoms with Gasteiger partial charge in [-0.25, -0.2) is 0 Å². The maximum Gasteiger partial charge on any atom is 0.416 e. The Kier molecular flexibility index (Phi) is 4.34. The lowest BCUT2D eigenvalue weighted by Gasteiger charge is -2.28. The van der Waals surface area contributed by atoms with Crippen molar-refractivity contribution < 1.29 is 28.0 Å². The topological polar surface area (TPSA) is 92.5 Å². The lowest BCUT2D eigenvalue weighted by atomic mass is 9.96. The maximum absolute atomic E-state index is 12.8. The van der Waals surface area contributed by atoms with E-state index in [9.17, 15) is 33.2 Å². The fourth-order valence-electron chi connectivity index (χ4n) is 2.33. The van der Waals surface area contributed by atoms with Crippen molar-refractivity contribution in [3.05, 3.63) is 39.4 Å². The Balaban J connectivity index is 2.35. The Labute approximate surface area is 129 Å². The molecule has 1 aliphatic rings. The number of halogens is 3. The van der Waals surface area contributed by atoms with Crippen LogP contribution in [-0.2, 0) is 6.18 Å². The molecule has 1 saturated carbocycles. The molecule has 0 aromatic heterocycles. The van der Waals surface area contributed by atoms with Crippen LogP contribution in [0.3, 0.4) is 0 Å². The summed E-state index contributed by atoms with van der Waals surface area (Å²) in [5.41, 5.74) is -3.51. The van der Waals surface area contributed by atoms with Crippen LogP contribution in [0.1, 0.15) is 35.7 Å². The fraction of sp³-hybridized carbons (Fsp3) is 0.500. The third kappa shape index (κ3) is 3.79. The first-order chi connectivity index (χ1) is 10.6. The van der Waals surface area contributed by atoms with Gasteiger partial charge in [0.2, 0.25) is 0 Å². The Bertz CT molecular complexity index is 643. The number of alkyl halides is 3. The molecule has 1 unspecified atom stereocenters. The van der Waals surface area contributed by atoms with Crippen LogP contribution in [-0.4, -0.2) is 28.1 Å². The van der Waals surface area contributed by atoms with E-state index in [2.05, 4.69) is 5.32 Å². The highest BCUT2D eigenvalue weighted by Crippen LogP contribution is 2.39. The van der Waals surface area contributed by atoms with E-state index in [4.69, 9.17) is 0 Å². The molecule has 0 saturated heterocycles. The molecule has 0 radical (unpaired) electrons. The van der Waals surface area contributed by atoms with E-state index in [1.165, 1.54) is 0 Å². The highest BCUT2D eigenvalue weighted by atomic mass is 19.4. The van der Waals surface area contributed by atoms with Gasteiger partial charge in [-0.3, -0.25) is 14.9 Å². The highest BCUT2D eigenvalue weighted by molar-refractivity contribution is 5.95. The second-order valence-corrected chi connectivity index (χ2v) is 5.83. The van der Waals surface area contributed by atoms with Gasteiger partial charge in [0.1, 0.15) is 0 Å². The summed E-state index contributed by atoms with van der Waals surface area (Å²) in [6.07, 6.45) is -3.22. The average molecular weight is 332 g/mol. The average Bonchev–Trinajstić information content (AvgIpc) is 3.30. The zero-order valence-electron chi connectivity index (χ0n) is 12.2. The van der Waals surface area contributed by atoms with Crippen LogP contribution in [0.4, 0.5) is 18.9 Å². The van der Waals surface area contributed by atoms with Crippen molar-refractivity contribution >= 4 is 11.6 Å². The largest absolute Gasteiger partial charge is 0.416 e. The number of nitrogens with zero attached hydrogens (tertiary/aromatic N) is 1. The summed E-state index contributed by atoms with van der Waals surface area (Å²) in [6.45, 7) is 1.22. The number of aliphatic hydroxyl groups excluding tert-OH is 1. The molecule has 23 heavy (non-hydrogen) atoms. The Morgan fingerprint density at radius 2 is 2.00 bits per heavy atom. The van der Waals surface area contributed by atoms with Gasteiger partial charge in [0, 0.05) is 17.7 Å². The van der Waals surface area contributed by atoms with Gasteiger partial charge in [-0.05, 0) is 31.7 Å². The minimum absolute atomic E-state index is 0.0391. The summed E-state index contributed by atoms with van der Waals surface area (Å²) in [7, 11) is 0. The van der Waals surface area contributed by atoms with E-state index in [0.717, 1.165) is 18.9 Å². The number of aliphatic hydroxyl groups is 1. The molecule has 0 aliphatic heterocycles. The Hall–Kier alpha value is -2.16. The molecule has 1 aromatic rings. The molecule has 0 heterocycles. The number of nitro benzene ring substituents is 1. The number of benzene rings is 1. The van der Waals surface area contributed by atoms with Crippen molar-refractivity contribution in [3.63, 3.8) is 0 Å². The number of nitrogens with one attached hydrogen (secondary N) is 1. The molecule has 0 spiro atoms. The molecule has 2 N–H and O–H groups in total. The van der Waals surface area contributed by atoms with E-state index < -0.39 is 39.4 Å². The van der Waals surface area contributed by atoms with Crippen LogP contribution in [0.5, 0.6) is 0 Å². The van der Waals surface area contributed by atoms with E-state index in [0.29, 0.717) is 12.1 Å². The number of hydrogen-bond donors (Lipinski definition) is 2. The van der Waals surface area contributed by atoms with Crippen LogP contribution >= 0.6 is 0 Å². The molecule has 1 aromatic carbocycles. The number of carbonyl (C=O) groups excluding carboxylic acids is 1. The zero-order valence-corrected chi connectivity index (χ0v) is 12.2. The smallest absolute Gasteiger partial charge is 0.394 e. The first kappa shape index (κ1) is 17.2. The standard InChI is InChI=1S/C14H15F3N2O4/c1-13(7-20,9-2-3-9)18-12(21)8-4-10(14(15,16)17)6-11(5-8)19(22)23/h4-6,9,20H,2-3,7H2,1H3,(H,18,21). The SMILES string of the molecule is CC(CO)(NC(=O)c1cc([N+](=O)[O-])cc(C(F)(F)F)c1)C1CC1. The lowest BCUT2D eigenvalue weighted by molar-refractivity contribution is -0.385. The van der Waals surface area contributed by atoms with Gasteiger partial charge in [0.05, 0.1) is 22.6 Å². The summed E-state index contributed by atoms with van der Waals surface area (Å²) in [5.74, 6) is -0.847. The number of carbonyl (C=O) groups is 1. The summed E-state index contributed by atoms with van der Waals surface area (Å²) >= 11 is 0. The molecule has 6 nitrogen and oxygen atoms in total. The summed E-state index contributed by atoms with van der Waals surface area (Å²) in [4.78, 5) is 22.0. The highest BCUT2D eigenvalue weighted by Gasteiger charge is 2.42. The predicted molar refractivity (Wildman–Crippen MR) is 73.8 cm³/mol. The van der Waals surface area contributed by atoms with Gasteiger partial charge in [-0.1, -0.05) is 0 Å². The van der Waals surface area contributed by atoms with Crippen molar-refractivity contribution in [1.29, 1.82) is 0 Å². The third-order valence-electron chi connectivity index (χ3n) is 3.92. The van der Waals surface area contributed by atoms with Gasteiger partial charge in [0.15, 0.2) is 0 Å². The van der Waals surface area contributed by atoms with Crippen molar-refractivity contribution in [2.45, 2.75) is 31.5 Å². The van der Waals surface area contributed by atoms with E-state index in [1.54, 1.807) is 6.92 Å². The normalized spacial score (nSPS) is 17.4. The predicted octanol–water partition coefficient (Wildman–Crippen LogP) is 2.50. The molecule has 1 fully saturated rings.